The standard InChI is InChI=1S/C36H28FN7O/c37-30-22-12-10-20-28(30)33-29-21-11-13-23-31(29)43(35(45)34(38)39-33)24-32-40-41-42-44(32)36(25-14-4-1-5-15-25,26-16-6-2-7-17-26)27-18-8-3-9-19-27/h1-23,34H,24,38H2/t34-/m0/s1. The Morgan fingerprint density at radius 1 is 0.689 bits per heavy atom. The Balaban J connectivity index is 1.42. The Morgan fingerprint density at radius 3 is 1.78 bits per heavy atom. The van der Waals surface area contributed by atoms with Gasteiger partial charge in [-0.2, -0.15) is 0 Å². The highest BCUT2D eigenvalue weighted by atomic mass is 19.1. The summed E-state index contributed by atoms with van der Waals surface area (Å²) in [6.07, 6.45) is -1.28. The number of aromatic nitrogens is 4. The number of nitrogens with two attached hydrogens (primary N) is 1. The van der Waals surface area contributed by atoms with Gasteiger partial charge in [0.15, 0.2) is 12.0 Å². The van der Waals surface area contributed by atoms with Gasteiger partial charge in [-0.1, -0.05) is 121 Å². The van der Waals surface area contributed by atoms with Crippen molar-refractivity contribution >= 4 is 17.3 Å². The molecule has 1 aliphatic rings. The summed E-state index contributed by atoms with van der Waals surface area (Å²) in [6.45, 7) is -0.0229. The average Bonchev–Trinajstić information content (AvgIpc) is 3.53. The summed E-state index contributed by atoms with van der Waals surface area (Å²) in [7, 11) is 0. The Morgan fingerprint density at radius 2 is 1.20 bits per heavy atom. The van der Waals surface area contributed by atoms with Crippen LogP contribution in [0, 0.1) is 5.82 Å². The van der Waals surface area contributed by atoms with E-state index in [9.17, 15) is 4.79 Å². The monoisotopic (exact) mass is 593 g/mol. The number of hydrogen-bond donors (Lipinski definition) is 1. The second-order valence-electron chi connectivity index (χ2n) is 10.7. The predicted octanol–water partition coefficient (Wildman–Crippen LogP) is 5.32. The van der Waals surface area contributed by atoms with Crippen LogP contribution in [0.4, 0.5) is 10.1 Å². The van der Waals surface area contributed by atoms with Crippen LogP contribution in [0.25, 0.3) is 0 Å². The van der Waals surface area contributed by atoms with Gasteiger partial charge in [-0.15, -0.1) is 5.10 Å². The number of nitrogens with zero attached hydrogens (tertiary/aromatic N) is 6. The molecule has 1 aliphatic heterocycles. The normalized spacial score (nSPS) is 14.9. The summed E-state index contributed by atoms with van der Waals surface area (Å²) < 4.78 is 16.8. The number of aliphatic imine (C=N–C) groups is 1. The summed E-state index contributed by atoms with van der Waals surface area (Å²) in [5, 5.41) is 13.2. The molecule has 0 saturated carbocycles. The summed E-state index contributed by atoms with van der Waals surface area (Å²) >= 11 is 0. The molecule has 220 valence electrons. The fourth-order valence-corrected chi connectivity index (χ4v) is 6.09. The van der Waals surface area contributed by atoms with Gasteiger partial charge in [0.25, 0.3) is 5.91 Å². The van der Waals surface area contributed by atoms with E-state index in [4.69, 9.17) is 5.73 Å². The van der Waals surface area contributed by atoms with Crippen molar-refractivity contribution in [2.24, 2.45) is 10.7 Å². The van der Waals surface area contributed by atoms with Gasteiger partial charge < -0.3 is 10.6 Å². The minimum absolute atomic E-state index is 0.0229. The van der Waals surface area contributed by atoms with Gasteiger partial charge in [-0.05, 0) is 45.3 Å². The number of benzodiazepines with no additional fused rings is 1. The molecule has 0 aliphatic carbocycles. The molecule has 0 radical (unpaired) electrons. The number of carbonyl (C=O) groups is 1. The first-order valence-electron chi connectivity index (χ1n) is 14.5. The highest BCUT2D eigenvalue weighted by Crippen LogP contribution is 2.41. The van der Waals surface area contributed by atoms with Crippen molar-refractivity contribution in [1.29, 1.82) is 0 Å². The molecule has 1 amide bonds. The first kappa shape index (κ1) is 28.0. The van der Waals surface area contributed by atoms with Crippen LogP contribution in [0.3, 0.4) is 0 Å². The maximum Gasteiger partial charge on any atom is 0.266 e. The summed E-state index contributed by atoms with van der Waals surface area (Å²) in [5.74, 6) is -0.509. The van der Waals surface area contributed by atoms with Crippen LogP contribution in [0.5, 0.6) is 0 Å². The van der Waals surface area contributed by atoms with Crippen molar-refractivity contribution in [3.8, 4) is 0 Å². The molecule has 45 heavy (non-hydrogen) atoms. The molecule has 0 spiro atoms. The molecule has 0 saturated heterocycles. The smallest absolute Gasteiger partial charge is 0.266 e. The molecule has 7 rings (SSSR count). The van der Waals surface area contributed by atoms with Crippen LogP contribution >= 0.6 is 0 Å². The number of anilines is 1. The SMILES string of the molecule is N[C@H]1N=C(c2ccccc2F)c2ccccc2N(Cc2nnnn2C(c2ccccc2)(c2ccccc2)c2ccccc2)C1=O. The number of fused-ring (bicyclic) bond motifs is 1. The van der Waals surface area contributed by atoms with Gasteiger partial charge in [-0.3, -0.25) is 9.79 Å². The molecule has 2 N–H and O–H groups in total. The van der Waals surface area contributed by atoms with Crippen LogP contribution in [-0.4, -0.2) is 38.0 Å². The quantitative estimate of drug-likeness (QED) is 0.253. The molecule has 1 aromatic heterocycles. The molecule has 0 unspecified atom stereocenters. The van der Waals surface area contributed by atoms with Crippen molar-refractivity contribution in [2.75, 3.05) is 4.90 Å². The molecular weight excluding hydrogens is 565 g/mol. The van der Waals surface area contributed by atoms with Crippen LogP contribution in [0.2, 0.25) is 0 Å². The molecule has 2 heterocycles. The fourth-order valence-electron chi connectivity index (χ4n) is 6.09. The molecule has 9 heteroatoms. The minimum Gasteiger partial charge on any atom is -0.302 e. The van der Waals surface area contributed by atoms with Crippen LogP contribution in [0.1, 0.15) is 33.6 Å². The van der Waals surface area contributed by atoms with Crippen molar-refractivity contribution in [2.45, 2.75) is 18.2 Å². The molecule has 5 aromatic carbocycles. The first-order valence-corrected chi connectivity index (χ1v) is 14.5. The van der Waals surface area contributed by atoms with E-state index in [0.717, 1.165) is 16.7 Å². The number of amides is 1. The van der Waals surface area contributed by atoms with Crippen molar-refractivity contribution in [1.82, 2.24) is 20.2 Å². The largest absolute Gasteiger partial charge is 0.302 e. The first-order chi connectivity index (χ1) is 22.1. The van der Waals surface area contributed by atoms with Crippen molar-refractivity contribution in [3.05, 3.63) is 179 Å². The molecule has 1 atom stereocenters. The summed E-state index contributed by atoms with van der Waals surface area (Å²) in [4.78, 5) is 20.0. The van der Waals surface area contributed by atoms with Crippen molar-refractivity contribution < 1.29 is 9.18 Å². The number of tetrazole rings is 1. The Bertz CT molecular complexity index is 1900. The lowest BCUT2D eigenvalue weighted by Crippen LogP contribution is -2.44. The van der Waals surface area contributed by atoms with Gasteiger partial charge in [-0.25, -0.2) is 9.07 Å². The van der Waals surface area contributed by atoms with E-state index in [1.54, 1.807) is 28.9 Å². The zero-order chi connectivity index (χ0) is 30.8. The second-order valence-corrected chi connectivity index (χ2v) is 10.7. The van der Waals surface area contributed by atoms with Crippen molar-refractivity contribution in [3.63, 3.8) is 0 Å². The Hall–Kier alpha value is -5.80. The predicted molar refractivity (Wildman–Crippen MR) is 170 cm³/mol. The number of carbonyl (C=O) groups excluding carboxylic acids is 1. The highest BCUT2D eigenvalue weighted by molar-refractivity contribution is 6.20. The van der Waals surface area contributed by atoms with E-state index in [2.05, 4.69) is 20.5 Å². The van der Waals surface area contributed by atoms with E-state index < -0.39 is 23.4 Å². The lowest BCUT2D eigenvalue weighted by atomic mass is 9.77. The molecule has 8 nitrogen and oxygen atoms in total. The van der Waals surface area contributed by atoms with Crippen LogP contribution in [-0.2, 0) is 16.9 Å². The van der Waals surface area contributed by atoms with Gasteiger partial charge in [0.05, 0.1) is 17.9 Å². The van der Waals surface area contributed by atoms with Gasteiger partial charge in [0.2, 0.25) is 0 Å². The van der Waals surface area contributed by atoms with Gasteiger partial charge in [0, 0.05) is 11.1 Å². The van der Waals surface area contributed by atoms with Crippen LogP contribution < -0.4 is 10.6 Å². The molecule has 0 fully saturated rings. The van der Waals surface area contributed by atoms with E-state index in [1.807, 2.05) is 109 Å². The topological polar surface area (TPSA) is 102 Å². The van der Waals surface area contributed by atoms with Gasteiger partial charge in [0.1, 0.15) is 11.4 Å². The third-order valence-electron chi connectivity index (χ3n) is 8.09. The lowest BCUT2D eigenvalue weighted by Gasteiger charge is -2.37. The number of rotatable bonds is 7. The van der Waals surface area contributed by atoms with Gasteiger partial charge >= 0.3 is 0 Å². The average molecular weight is 594 g/mol. The summed E-state index contributed by atoms with van der Waals surface area (Å²) in [6, 6.07) is 43.6. The van der Waals surface area contributed by atoms with Crippen LogP contribution in [0.15, 0.2) is 145 Å². The zero-order valence-electron chi connectivity index (χ0n) is 24.1. The fraction of sp³-hybridized carbons (Fsp3) is 0.0833. The molecule has 0 bridgehead atoms. The Kier molecular flexibility index (Phi) is 7.28. The lowest BCUT2D eigenvalue weighted by molar-refractivity contribution is -0.119. The maximum atomic E-state index is 15.0. The molecular formula is C36H28FN7O. The third-order valence-corrected chi connectivity index (χ3v) is 8.09. The Labute approximate surface area is 259 Å². The summed E-state index contributed by atoms with van der Waals surface area (Å²) in [5.41, 5.74) is 9.86. The third kappa shape index (κ3) is 4.79. The zero-order valence-corrected chi connectivity index (χ0v) is 24.1. The number of halogens is 1. The number of hydrogen-bond acceptors (Lipinski definition) is 6. The number of para-hydroxylation sites is 1. The van der Waals surface area contributed by atoms with E-state index in [0.29, 0.717) is 22.8 Å². The minimum atomic E-state index is -1.28. The maximum absolute atomic E-state index is 15.0. The highest BCUT2D eigenvalue weighted by Gasteiger charge is 2.42. The van der Waals surface area contributed by atoms with E-state index in [-0.39, 0.29) is 12.1 Å². The number of benzene rings is 5. The van der Waals surface area contributed by atoms with E-state index >= 15 is 4.39 Å². The molecule has 6 aromatic rings. The second kappa shape index (κ2) is 11.7. The van der Waals surface area contributed by atoms with E-state index in [1.165, 1.54) is 11.0 Å².